The summed E-state index contributed by atoms with van der Waals surface area (Å²) in [4.78, 5) is 5.39. The molecule has 0 rings (SSSR count). The van der Waals surface area contributed by atoms with E-state index in [0.717, 1.165) is 25.9 Å². The molecule has 0 aromatic carbocycles. The molecule has 4 heteroatoms. The van der Waals surface area contributed by atoms with Crippen LogP contribution in [0.3, 0.4) is 0 Å². The van der Waals surface area contributed by atoms with E-state index in [-0.39, 0.29) is 0 Å². The van der Waals surface area contributed by atoms with Crippen molar-refractivity contribution in [3.63, 3.8) is 0 Å². The molecule has 0 aliphatic heterocycles. The average molecular weight is 511 g/mol. The lowest BCUT2D eigenvalue weighted by Gasteiger charge is -2.24. The van der Waals surface area contributed by atoms with Gasteiger partial charge in [0.2, 0.25) is 0 Å². The van der Waals surface area contributed by atoms with E-state index in [1.54, 1.807) is 0 Å². The van der Waals surface area contributed by atoms with Crippen LogP contribution in [0.4, 0.5) is 0 Å². The molecule has 0 saturated heterocycles. The molecule has 0 saturated carbocycles. The van der Waals surface area contributed by atoms with Crippen LogP contribution in [0.25, 0.3) is 0 Å². The van der Waals surface area contributed by atoms with E-state index in [9.17, 15) is 0 Å². The Morgan fingerprint density at radius 2 is 0.528 bits per heavy atom. The van der Waals surface area contributed by atoms with Gasteiger partial charge in [0.05, 0.1) is 0 Å². The van der Waals surface area contributed by atoms with E-state index in [1.165, 1.54) is 168 Å². The Morgan fingerprint density at radius 1 is 0.306 bits per heavy atom. The highest BCUT2D eigenvalue weighted by atomic mass is 15.1. The third-order valence-corrected chi connectivity index (χ3v) is 7.71. The number of nitrogens with two attached hydrogens (primary N) is 2. The maximum Gasteiger partial charge on any atom is -0.000672 e. The monoisotopic (exact) mass is 511 g/mol. The minimum absolute atomic E-state index is 0.819. The Kier molecular flexibility index (Phi) is 30.9. The van der Waals surface area contributed by atoms with Crippen LogP contribution < -0.4 is 11.5 Å². The molecule has 0 fully saturated rings. The molecule has 0 heterocycles. The molecule has 0 unspecified atom stereocenters. The number of unbranched alkanes of at least 4 members (excludes halogenated alkanes) is 17. The highest BCUT2D eigenvalue weighted by Gasteiger charge is 2.07. The first-order valence-electron chi connectivity index (χ1n) is 16.6. The molecule has 0 aromatic rings. The van der Waals surface area contributed by atoms with Crippen molar-refractivity contribution in [2.45, 2.75) is 155 Å². The summed E-state index contributed by atoms with van der Waals surface area (Å²) in [5.74, 6) is 0. The Labute approximate surface area is 228 Å². The van der Waals surface area contributed by atoms with E-state index < -0.39 is 0 Å². The van der Waals surface area contributed by atoms with Crippen LogP contribution >= 0.6 is 0 Å². The minimum atomic E-state index is 0.819. The van der Waals surface area contributed by atoms with Gasteiger partial charge >= 0.3 is 0 Å². The van der Waals surface area contributed by atoms with Crippen molar-refractivity contribution < 1.29 is 0 Å². The SMILES string of the molecule is CCCCCCCCCCCN(CCCN)CCCCN(CCCN)CCCCCCCCCCC. The van der Waals surface area contributed by atoms with Crippen molar-refractivity contribution in [2.24, 2.45) is 11.5 Å². The molecule has 0 bridgehead atoms. The van der Waals surface area contributed by atoms with Crippen LogP contribution in [0.15, 0.2) is 0 Å². The lowest BCUT2D eigenvalue weighted by atomic mass is 10.1. The van der Waals surface area contributed by atoms with Gasteiger partial charge in [0.25, 0.3) is 0 Å². The topological polar surface area (TPSA) is 58.5 Å². The predicted molar refractivity (Wildman–Crippen MR) is 164 cm³/mol. The zero-order valence-electron chi connectivity index (χ0n) is 25.3. The lowest BCUT2D eigenvalue weighted by molar-refractivity contribution is 0.233. The Bertz CT molecular complexity index is 354. The maximum absolute atomic E-state index is 5.82. The zero-order valence-corrected chi connectivity index (χ0v) is 25.3. The van der Waals surface area contributed by atoms with E-state index in [2.05, 4.69) is 23.6 Å². The smallest absolute Gasteiger partial charge is 0.000672 e. The third kappa shape index (κ3) is 26.9. The summed E-state index contributed by atoms with van der Waals surface area (Å²) < 4.78 is 0. The second kappa shape index (κ2) is 31.1. The molecule has 4 nitrogen and oxygen atoms in total. The molecule has 0 aliphatic rings. The molecule has 0 spiro atoms. The molecule has 0 atom stereocenters. The fraction of sp³-hybridized carbons (Fsp3) is 1.00. The maximum atomic E-state index is 5.82. The first kappa shape index (κ1) is 35.8. The van der Waals surface area contributed by atoms with Gasteiger partial charge in [-0.3, -0.25) is 0 Å². The van der Waals surface area contributed by atoms with Crippen LogP contribution in [0.1, 0.15) is 155 Å². The zero-order chi connectivity index (χ0) is 26.4. The highest BCUT2D eigenvalue weighted by Crippen LogP contribution is 2.12. The third-order valence-electron chi connectivity index (χ3n) is 7.71. The normalized spacial score (nSPS) is 11.8. The molecular formula is C32H70N4. The van der Waals surface area contributed by atoms with Gasteiger partial charge in [0.15, 0.2) is 0 Å². The quantitative estimate of drug-likeness (QED) is 0.0924. The van der Waals surface area contributed by atoms with E-state index in [1.807, 2.05) is 0 Å². The number of rotatable bonds is 31. The molecule has 0 aromatic heterocycles. The first-order valence-corrected chi connectivity index (χ1v) is 16.6. The molecule has 0 aliphatic carbocycles. The van der Waals surface area contributed by atoms with Crippen molar-refractivity contribution in [3.8, 4) is 0 Å². The van der Waals surface area contributed by atoms with Gasteiger partial charge in [0, 0.05) is 0 Å². The summed E-state index contributed by atoms with van der Waals surface area (Å²) in [5.41, 5.74) is 11.6. The molecule has 218 valence electrons. The summed E-state index contributed by atoms with van der Waals surface area (Å²) in [5, 5.41) is 0. The lowest BCUT2D eigenvalue weighted by Crippen LogP contribution is -2.31. The van der Waals surface area contributed by atoms with Crippen molar-refractivity contribution in [3.05, 3.63) is 0 Å². The second-order valence-corrected chi connectivity index (χ2v) is 11.3. The summed E-state index contributed by atoms with van der Waals surface area (Å²) >= 11 is 0. The minimum Gasteiger partial charge on any atom is -0.330 e. The van der Waals surface area contributed by atoms with Gasteiger partial charge in [0.1, 0.15) is 0 Å². The van der Waals surface area contributed by atoms with Crippen molar-refractivity contribution in [1.29, 1.82) is 0 Å². The first-order chi connectivity index (χ1) is 17.8. The largest absolute Gasteiger partial charge is 0.330 e. The Balaban J connectivity index is 3.96. The van der Waals surface area contributed by atoms with Crippen molar-refractivity contribution in [1.82, 2.24) is 9.80 Å². The summed E-state index contributed by atoms with van der Waals surface area (Å²) in [6, 6.07) is 0. The molecule has 4 N–H and O–H groups in total. The Morgan fingerprint density at radius 3 is 0.806 bits per heavy atom. The van der Waals surface area contributed by atoms with Gasteiger partial charge in [-0.15, -0.1) is 0 Å². The number of nitrogens with zero attached hydrogens (tertiary/aromatic N) is 2. The van der Waals surface area contributed by atoms with Gasteiger partial charge < -0.3 is 21.3 Å². The molecule has 0 radical (unpaired) electrons. The van der Waals surface area contributed by atoms with Gasteiger partial charge in [-0.05, 0) is 90.9 Å². The van der Waals surface area contributed by atoms with Gasteiger partial charge in [-0.1, -0.05) is 117 Å². The summed E-state index contributed by atoms with van der Waals surface area (Å²) in [6.07, 6.45) is 30.3. The highest BCUT2D eigenvalue weighted by molar-refractivity contribution is 4.64. The number of hydrogen-bond donors (Lipinski definition) is 2. The van der Waals surface area contributed by atoms with Gasteiger partial charge in [-0.2, -0.15) is 0 Å². The van der Waals surface area contributed by atoms with Crippen LogP contribution in [0.2, 0.25) is 0 Å². The van der Waals surface area contributed by atoms with Crippen molar-refractivity contribution in [2.75, 3.05) is 52.4 Å². The Hall–Kier alpha value is -0.160. The van der Waals surface area contributed by atoms with E-state index in [4.69, 9.17) is 11.5 Å². The average Bonchev–Trinajstić information content (AvgIpc) is 2.89. The van der Waals surface area contributed by atoms with Crippen LogP contribution in [0.5, 0.6) is 0 Å². The second-order valence-electron chi connectivity index (χ2n) is 11.3. The summed E-state index contributed by atoms with van der Waals surface area (Å²) in [7, 11) is 0. The molecular weight excluding hydrogens is 440 g/mol. The predicted octanol–water partition coefficient (Wildman–Crippen LogP) is 8.13. The van der Waals surface area contributed by atoms with E-state index >= 15 is 0 Å². The van der Waals surface area contributed by atoms with Crippen LogP contribution in [-0.2, 0) is 0 Å². The summed E-state index contributed by atoms with van der Waals surface area (Å²) in [6.45, 7) is 13.6. The van der Waals surface area contributed by atoms with Crippen LogP contribution in [0, 0.1) is 0 Å². The standard InChI is InChI=1S/C32H70N4/c1-3-5-7-9-11-13-15-17-19-27-35(31-23-25-33)29-21-22-30-36(32-24-26-34)28-20-18-16-14-12-10-8-6-4-2/h3-34H2,1-2H3. The van der Waals surface area contributed by atoms with Crippen molar-refractivity contribution >= 4 is 0 Å². The molecule has 36 heavy (non-hydrogen) atoms. The van der Waals surface area contributed by atoms with Crippen LogP contribution in [-0.4, -0.2) is 62.2 Å². The van der Waals surface area contributed by atoms with Gasteiger partial charge in [-0.25, -0.2) is 0 Å². The fourth-order valence-electron chi connectivity index (χ4n) is 5.26. The number of hydrogen-bond acceptors (Lipinski definition) is 4. The fourth-order valence-corrected chi connectivity index (χ4v) is 5.26. The van der Waals surface area contributed by atoms with E-state index in [0.29, 0.717) is 0 Å². The molecule has 0 amide bonds.